The van der Waals surface area contributed by atoms with Gasteiger partial charge in [-0.3, -0.25) is 4.79 Å². The van der Waals surface area contributed by atoms with Crippen molar-refractivity contribution < 1.29 is 9.47 Å². The smallest absolute Gasteiger partial charge is 0.299 e. The average molecular weight is 326 g/mol. The van der Waals surface area contributed by atoms with Crippen molar-refractivity contribution in [2.24, 2.45) is 0 Å². The van der Waals surface area contributed by atoms with Crippen molar-refractivity contribution in [1.29, 1.82) is 0 Å². The standard InChI is InChI=1S/C13H15N5O3.ClH/c1-20-10-6-4-8(7-11(10)21-2)3-5-9-12(19)18(15)13(14)17-16-9;/h3-7H,15H2,1-2H3,(H2,14,17);1H/b5-3+;. The van der Waals surface area contributed by atoms with E-state index in [1.54, 1.807) is 32.4 Å². The quantitative estimate of drug-likeness (QED) is 0.787. The van der Waals surface area contributed by atoms with Crippen LogP contribution in [0.15, 0.2) is 23.0 Å². The number of ether oxygens (including phenoxy) is 2. The van der Waals surface area contributed by atoms with E-state index >= 15 is 0 Å². The SMILES string of the molecule is COc1ccc(/C=C/c2nnc(N)n(N)c2=O)cc1OC.Cl. The van der Waals surface area contributed by atoms with E-state index in [2.05, 4.69) is 10.2 Å². The van der Waals surface area contributed by atoms with E-state index in [0.717, 1.165) is 10.2 Å². The normalized spacial score (nSPS) is 10.3. The molecule has 0 saturated heterocycles. The van der Waals surface area contributed by atoms with E-state index in [1.807, 2.05) is 6.07 Å². The minimum absolute atomic E-state index is 0. The van der Waals surface area contributed by atoms with Crippen molar-refractivity contribution in [2.45, 2.75) is 0 Å². The summed E-state index contributed by atoms with van der Waals surface area (Å²) in [6, 6.07) is 5.33. The van der Waals surface area contributed by atoms with Crippen molar-refractivity contribution in [3.8, 4) is 11.5 Å². The van der Waals surface area contributed by atoms with Gasteiger partial charge in [-0.05, 0) is 23.8 Å². The number of halogens is 1. The molecule has 0 aliphatic rings. The van der Waals surface area contributed by atoms with Crippen LogP contribution >= 0.6 is 12.4 Å². The molecular weight excluding hydrogens is 310 g/mol. The van der Waals surface area contributed by atoms with E-state index in [0.29, 0.717) is 11.5 Å². The largest absolute Gasteiger partial charge is 0.493 e. The molecule has 0 amide bonds. The molecule has 1 aromatic heterocycles. The highest BCUT2D eigenvalue weighted by atomic mass is 35.5. The molecule has 0 fully saturated rings. The van der Waals surface area contributed by atoms with Gasteiger partial charge in [0.2, 0.25) is 5.95 Å². The first-order chi connectivity index (χ1) is 10.1. The first-order valence-electron chi connectivity index (χ1n) is 5.97. The lowest BCUT2D eigenvalue weighted by molar-refractivity contribution is 0.355. The van der Waals surface area contributed by atoms with Gasteiger partial charge >= 0.3 is 0 Å². The van der Waals surface area contributed by atoms with Gasteiger partial charge in [0.25, 0.3) is 5.56 Å². The second-order valence-electron chi connectivity index (χ2n) is 4.07. The minimum atomic E-state index is -0.528. The molecule has 0 atom stereocenters. The molecule has 0 saturated carbocycles. The van der Waals surface area contributed by atoms with Crippen LogP contribution in [0.3, 0.4) is 0 Å². The highest BCUT2D eigenvalue weighted by Crippen LogP contribution is 2.28. The number of hydrogen-bond donors (Lipinski definition) is 2. The highest BCUT2D eigenvalue weighted by molar-refractivity contribution is 5.85. The van der Waals surface area contributed by atoms with Crippen LogP contribution in [0.2, 0.25) is 0 Å². The predicted octanol–water partition coefficient (Wildman–Crippen LogP) is 0.544. The number of anilines is 1. The first-order valence-corrected chi connectivity index (χ1v) is 5.97. The van der Waals surface area contributed by atoms with Gasteiger partial charge in [-0.1, -0.05) is 12.1 Å². The van der Waals surface area contributed by atoms with Gasteiger partial charge in [0, 0.05) is 0 Å². The number of nitrogens with two attached hydrogens (primary N) is 2. The molecule has 1 heterocycles. The lowest BCUT2D eigenvalue weighted by atomic mass is 10.2. The van der Waals surface area contributed by atoms with Gasteiger partial charge in [-0.25, -0.2) is 0 Å². The van der Waals surface area contributed by atoms with Gasteiger partial charge in [0.1, 0.15) is 0 Å². The van der Waals surface area contributed by atoms with Gasteiger partial charge in [-0.15, -0.1) is 22.6 Å². The lowest BCUT2D eigenvalue weighted by Gasteiger charge is -2.07. The van der Waals surface area contributed by atoms with Crippen molar-refractivity contribution in [2.75, 3.05) is 25.8 Å². The second-order valence-corrected chi connectivity index (χ2v) is 4.07. The first kappa shape index (κ1) is 17.3. The lowest BCUT2D eigenvalue weighted by Crippen LogP contribution is -2.33. The molecule has 9 heteroatoms. The van der Waals surface area contributed by atoms with Gasteiger partial charge in [0.15, 0.2) is 17.2 Å². The highest BCUT2D eigenvalue weighted by Gasteiger charge is 2.06. The van der Waals surface area contributed by atoms with Crippen LogP contribution in [0.4, 0.5) is 5.95 Å². The van der Waals surface area contributed by atoms with Crippen LogP contribution in [-0.4, -0.2) is 29.1 Å². The number of hydrogen-bond acceptors (Lipinski definition) is 7. The van der Waals surface area contributed by atoms with E-state index in [1.165, 1.54) is 6.08 Å². The van der Waals surface area contributed by atoms with E-state index in [-0.39, 0.29) is 24.0 Å². The Balaban J connectivity index is 0.00000242. The third kappa shape index (κ3) is 3.47. The zero-order valence-electron chi connectivity index (χ0n) is 12.0. The van der Waals surface area contributed by atoms with Crippen LogP contribution in [0.1, 0.15) is 11.3 Å². The molecule has 1 aromatic carbocycles. The molecular formula is C13H16ClN5O3. The number of methoxy groups -OCH3 is 2. The maximum absolute atomic E-state index is 11.8. The molecule has 22 heavy (non-hydrogen) atoms. The summed E-state index contributed by atoms with van der Waals surface area (Å²) in [6.07, 6.45) is 3.18. The summed E-state index contributed by atoms with van der Waals surface area (Å²) < 4.78 is 11.1. The molecule has 4 N–H and O–H groups in total. The fourth-order valence-electron chi connectivity index (χ4n) is 1.66. The minimum Gasteiger partial charge on any atom is -0.493 e. The Morgan fingerprint density at radius 3 is 2.45 bits per heavy atom. The summed E-state index contributed by atoms with van der Waals surface area (Å²) in [7, 11) is 3.10. The van der Waals surface area contributed by atoms with Gasteiger partial charge in [0.05, 0.1) is 14.2 Å². The van der Waals surface area contributed by atoms with Crippen LogP contribution in [0.5, 0.6) is 11.5 Å². The maximum Gasteiger partial charge on any atom is 0.299 e. The monoisotopic (exact) mass is 325 g/mol. The van der Waals surface area contributed by atoms with E-state index in [4.69, 9.17) is 21.1 Å². The summed E-state index contributed by atoms with van der Waals surface area (Å²) in [4.78, 5) is 11.8. The molecule has 0 bridgehead atoms. The van der Waals surface area contributed by atoms with Crippen LogP contribution in [0, 0.1) is 0 Å². The third-order valence-corrected chi connectivity index (χ3v) is 2.79. The molecule has 2 rings (SSSR count). The number of nitrogens with zero attached hydrogens (tertiary/aromatic N) is 3. The fraction of sp³-hybridized carbons (Fsp3) is 0.154. The van der Waals surface area contributed by atoms with Crippen molar-refractivity contribution in [3.63, 3.8) is 0 Å². The Morgan fingerprint density at radius 1 is 1.14 bits per heavy atom. The van der Waals surface area contributed by atoms with E-state index < -0.39 is 5.56 Å². The number of benzene rings is 1. The van der Waals surface area contributed by atoms with E-state index in [9.17, 15) is 4.79 Å². The zero-order valence-corrected chi connectivity index (χ0v) is 12.8. The Bertz CT molecular complexity index is 745. The molecule has 0 unspecified atom stereocenters. The molecule has 8 nitrogen and oxygen atoms in total. The molecule has 0 aliphatic carbocycles. The summed E-state index contributed by atoms with van der Waals surface area (Å²) in [5, 5.41) is 7.28. The van der Waals surface area contributed by atoms with Gasteiger partial charge < -0.3 is 21.1 Å². The fourth-order valence-corrected chi connectivity index (χ4v) is 1.66. The Morgan fingerprint density at radius 2 is 1.82 bits per heavy atom. The number of nitrogen functional groups attached to an aromatic ring is 2. The molecule has 0 aliphatic heterocycles. The van der Waals surface area contributed by atoms with Crippen LogP contribution < -0.4 is 26.6 Å². The Labute approximate surface area is 132 Å². The van der Waals surface area contributed by atoms with Crippen molar-refractivity contribution in [3.05, 3.63) is 39.8 Å². The zero-order chi connectivity index (χ0) is 15.4. The topological polar surface area (TPSA) is 118 Å². The molecule has 0 spiro atoms. The number of rotatable bonds is 4. The predicted molar refractivity (Wildman–Crippen MR) is 86.6 cm³/mol. The van der Waals surface area contributed by atoms with Crippen molar-refractivity contribution in [1.82, 2.24) is 14.9 Å². The molecule has 0 radical (unpaired) electrons. The second kappa shape index (κ2) is 7.32. The van der Waals surface area contributed by atoms with Gasteiger partial charge in [-0.2, -0.15) is 4.68 Å². The summed E-state index contributed by atoms with van der Waals surface area (Å²) >= 11 is 0. The van der Waals surface area contributed by atoms with Crippen LogP contribution in [-0.2, 0) is 0 Å². The van der Waals surface area contributed by atoms with Crippen molar-refractivity contribution >= 4 is 30.5 Å². The maximum atomic E-state index is 11.8. The average Bonchev–Trinajstić information content (AvgIpc) is 2.51. The molecule has 118 valence electrons. The van der Waals surface area contributed by atoms with Crippen LogP contribution in [0.25, 0.3) is 12.2 Å². The summed E-state index contributed by atoms with van der Waals surface area (Å²) in [6.45, 7) is 0. The summed E-state index contributed by atoms with van der Waals surface area (Å²) in [5.74, 6) is 6.49. The Hall–Kier alpha value is -2.74. The Kier molecular flexibility index (Phi) is 5.76. The number of aromatic nitrogens is 3. The summed E-state index contributed by atoms with van der Waals surface area (Å²) in [5.41, 5.74) is 5.73. The third-order valence-electron chi connectivity index (χ3n) is 2.79. The molecule has 2 aromatic rings.